The highest BCUT2D eigenvalue weighted by Gasteiger charge is 2.44. The van der Waals surface area contributed by atoms with Crippen molar-refractivity contribution in [2.45, 2.75) is 31.4 Å². The zero-order chi connectivity index (χ0) is 12.5. The molecule has 4 heterocycles. The molecule has 0 aromatic carbocycles. The number of hydrogen-bond donors (Lipinski definition) is 1. The maximum absolute atomic E-state index is 12.2. The van der Waals surface area contributed by atoms with Crippen LogP contribution in [0, 0.1) is 5.92 Å². The minimum absolute atomic E-state index is 0.184. The van der Waals surface area contributed by atoms with Crippen LogP contribution in [0.4, 0.5) is 0 Å². The van der Waals surface area contributed by atoms with E-state index in [0.29, 0.717) is 6.42 Å². The molecule has 0 radical (unpaired) electrons. The predicted octanol–water partition coefficient (Wildman–Crippen LogP) is 0.648. The molecular weight excluding hydrogens is 228 g/mol. The second-order valence-electron chi connectivity index (χ2n) is 5.29. The number of fused-ring (bicyclic) bond motifs is 3. The summed E-state index contributed by atoms with van der Waals surface area (Å²) in [5, 5.41) is 10.3. The van der Waals surface area contributed by atoms with E-state index in [4.69, 9.17) is 0 Å². The van der Waals surface area contributed by atoms with Crippen LogP contribution in [-0.4, -0.2) is 46.0 Å². The number of pyridine rings is 1. The third-order valence-electron chi connectivity index (χ3n) is 4.15. The molecule has 1 N–H and O–H groups in total. The molecule has 3 aliphatic rings. The molecular formula is C14H18N2O2. The zero-order valence-electron chi connectivity index (χ0n) is 10.3. The number of aliphatic hydroxyl groups is 1. The van der Waals surface area contributed by atoms with Gasteiger partial charge in [-0.15, -0.1) is 0 Å². The maximum Gasteiger partial charge on any atom is 0.155 e. The summed E-state index contributed by atoms with van der Waals surface area (Å²) in [6.07, 6.45) is 5.30. The molecule has 3 fully saturated rings. The Morgan fingerprint density at radius 1 is 1.44 bits per heavy atom. The van der Waals surface area contributed by atoms with Crippen LogP contribution in [0.15, 0.2) is 24.5 Å². The van der Waals surface area contributed by atoms with E-state index in [0.717, 1.165) is 31.5 Å². The number of ketones is 1. The first kappa shape index (κ1) is 11.8. The Kier molecular flexibility index (Phi) is 3.14. The van der Waals surface area contributed by atoms with Crippen molar-refractivity contribution in [3.8, 4) is 0 Å². The van der Waals surface area contributed by atoms with Gasteiger partial charge < -0.3 is 5.11 Å². The Morgan fingerprint density at radius 2 is 2.22 bits per heavy atom. The third-order valence-corrected chi connectivity index (χ3v) is 4.15. The van der Waals surface area contributed by atoms with E-state index in [1.807, 2.05) is 12.1 Å². The van der Waals surface area contributed by atoms with Gasteiger partial charge in [0.2, 0.25) is 0 Å². The van der Waals surface area contributed by atoms with Gasteiger partial charge in [0.05, 0.1) is 12.1 Å². The molecule has 96 valence electrons. The highest BCUT2D eigenvalue weighted by Crippen LogP contribution is 2.31. The van der Waals surface area contributed by atoms with Gasteiger partial charge >= 0.3 is 0 Å². The van der Waals surface area contributed by atoms with Gasteiger partial charge in [0.1, 0.15) is 0 Å². The highest BCUT2D eigenvalue weighted by atomic mass is 16.3. The average Bonchev–Trinajstić information content (AvgIpc) is 2.41. The van der Waals surface area contributed by atoms with Crippen molar-refractivity contribution in [2.75, 3.05) is 13.1 Å². The standard InChI is InChI=1S/C14H18N2O2/c17-12(8-10-2-1-5-15-9-10)13-14(18)11-3-6-16(13)7-4-11/h1-2,5,9,11-13,17H,3-4,6-8H2. The predicted molar refractivity (Wildman–Crippen MR) is 67.0 cm³/mol. The van der Waals surface area contributed by atoms with E-state index in [2.05, 4.69) is 9.88 Å². The van der Waals surface area contributed by atoms with E-state index >= 15 is 0 Å². The Morgan fingerprint density at radius 3 is 2.83 bits per heavy atom. The molecule has 3 aliphatic heterocycles. The van der Waals surface area contributed by atoms with Crippen molar-refractivity contribution < 1.29 is 9.90 Å². The molecule has 0 aliphatic carbocycles. The first-order valence-corrected chi connectivity index (χ1v) is 6.60. The molecule has 0 amide bonds. The molecule has 4 nitrogen and oxygen atoms in total. The molecule has 3 saturated heterocycles. The van der Waals surface area contributed by atoms with Crippen molar-refractivity contribution >= 4 is 5.78 Å². The largest absolute Gasteiger partial charge is 0.391 e. The Bertz CT molecular complexity index is 427. The lowest BCUT2D eigenvalue weighted by atomic mass is 9.79. The lowest BCUT2D eigenvalue weighted by Crippen LogP contribution is -2.60. The van der Waals surface area contributed by atoms with E-state index in [9.17, 15) is 9.90 Å². The molecule has 18 heavy (non-hydrogen) atoms. The molecule has 2 bridgehead atoms. The van der Waals surface area contributed by atoms with Crippen LogP contribution in [-0.2, 0) is 11.2 Å². The summed E-state index contributed by atoms with van der Waals surface area (Å²) in [4.78, 5) is 18.4. The quantitative estimate of drug-likeness (QED) is 0.850. The fourth-order valence-corrected chi connectivity index (χ4v) is 3.19. The number of carbonyl (C=O) groups excluding carboxylic acids is 1. The van der Waals surface area contributed by atoms with Crippen molar-refractivity contribution in [1.82, 2.24) is 9.88 Å². The molecule has 0 spiro atoms. The lowest BCUT2D eigenvalue weighted by molar-refractivity contribution is -0.142. The van der Waals surface area contributed by atoms with E-state index < -0.39 is 6.10 Å². The van der Waals surface area contributed by atoms with E-state index in [-0.39, 0.29) is 17.7 Å². The third kappa shape index (κ3) is 2.06. The fourth-order valence-electron chi connectivity index (χ4n) is 3.19. The SMILES string of the molecule is O=C1C2CCN(CC2)C1C(O)Cc1cccnc1. The Labute approximate surface area is 107 Å². The molecule has 4 rings (SSSR count). The topological polar surface area (TPSA) is 53.4 Å². The summed E-state index contributed by atoms with van der Waals surface area (Å²) in [7, 11) is 0. The monoisotopic (exact) mass is 246 g/mol. The number of piperidine rings is 3. The van der Waals surface area contributed by atoms with Crippen molar-refractivity contribution in [3.63, 3.8) is 0 Å². The number of Topliss-reactive ketones (excluding diaryl/α,β-unsaturated/α-hetero) is 1. The van der Waals surface area contributed by atoms with Crippen molar-refractivity contribution in [1.29, 1.82) is 0 Å². The zero-order valence-corrected chi connectivity index (χ0v) is 10.3. The smallest absolute Gasteiger partial charge is 0.155 e. The van der Waals surface area contributed by atoms with Crippen LogP contribution in [0.2, 0.25) is 0 Å². The van der Waals surface area contributed by atoms with Crippen LogP contribution in [0.1, 0.15) is 18.4 Å². The van der Waals surface area contributed by atoms with Crippen LogP contribution in [0.3, 0.4) is 0 Å². The fraction of sp³-hybridized carbons (Fsp3) is 0.571. The van der Waals surface area contributed by atoms with Gasteiger partial charge in [0.15, 0.2) is 5.78 Å². The molecule has 4 heteroatoms. The highest BCUT2D eigenvalue weighted by molar-refractivity contribution is 5.88. The van der Waals surface area contributed by atoms with Gasteiger partial charge in [-0.1, -0.05) is 6.07 Å². The number of rotatable bonds is 3. The van der Waals surface area contributed by atoms with Crippen LogP contribution >= 0.6 is 0 Å². The van der Waals surface area contributed by atoms with E-state index in [1.165, 1.54) is 0 Å². The van der Waals surface area contributed by atoms with Gasteiger partial charge in [-0.25, -0.2) is 0 Å². The molecule has 1 aromatic heterocycles. The normalized spacial score (nSPS) is 32.5. The first-order valence-electron chi connectivity index (χ1n) is 6.60. The molecule has 1 aromatic rings. The van der Waals surface area contributed by atoms with Gasteiger partial charge in [-0.3, -0.25) is 14.7 Å². The Hall–Kier alpha value is -1.26. The first-order chi connectivity index (χ1) is 8.75. The molecule has 2 unspecified atom stereocenters. The average molecular weight is 246 g/mol. The summed E-state index contributed by atoms with van der Waals surface area (Å²) >= 11 is 0. The summed E-state index contributed by atoms with van der Waals surface area (Å²) in [5.41, 5.74) is 0.987. The van der Waals surface area contributed by atoms with Gasteiger partial charge in [0, 0.05) is 24.7 Å². The van der Waals surface area contributed by atoms with Crippen LogP contribution in [0.25, 0.3) is 0 Å². The minimum Gasteiger partial charge on any atom is -0.391 e. The van der Waals surface area contributed by atoms with Gasteiger partial charge in [-0.05, 0) is 37.6 Å². The second-order valence-corrected chi connectivity index (χ2v) is 5.29. The molecule has 2 atom stereocenters. The minimum atomic E-state index is -0.607. The van der Waals surface area contributed by atoms with Gasteiger partial charge in [-0.2, -0.15) is 0 Å². The van der Waals surface area contributed by atoms with Crippen molar-refractivity contribution in [3.05, 3.63) is 30.1 Å². The number of carbonyl (C=O) groups is 1. The summed E-state index contributed by atoms with van der Waals surface area (Å²) < 4.78 is 0. The number of aliphatic hydroxyl groups excluding tert-OH is 1. The number of hydrogen-bond acceptors (Lipinski definition) is 4. The summed E-state index contributed by atoms with van der Waals surface area (Å²) in [5.74, 6) is 0.424. The van der Waals surface area contributed by atoms with Gasteiger partial charge in [0.25, 0.3) is 0 Å². The summed E-state index contributed by atoms with van der Waals surface area (Å²) in [6, 6.07) is 3.51. The lowest BCUT2D eigenvalue weighted by Gasteiger charge is -2.45. The van der Waals surface area contributed by atoms with Crippen LogP contribution < -0.4 is 0 Å². The maximum atomic E-state index is 12.2. The van der Waals surface area contributed by atoms with Crippen LogP contribution in [0.5, 0.6) is 0 Å². The molecule has 0 saturated carbocycles. The number of nitrogens with zero attached hydrogens (tertiary/aromatic N) is 2. The second kappa shape index (κ2) is 4.78. The van der Waals surface area contributed by atoms with E-state index in [1.54, 1.807) is 12.4 Å². The van der Waals surface area contributed by atoms with Crippen molar-refractivity contribution in [2.24, 2.45) is 5.92 Å². The number of aromatic nitrogens is 1. The summed E-state index contributed by atoms with van der Waals surface area (Å²) in [6.45, 7) is 1.90. The Balaban J connectivity index is 1.72.